The largest absolute Gasteiger partial charge is 0.492 e. The van der Waals surface area contributed by atoms with E-state index in [1.165, 1.54) is 12.1 Å². The highest BCUT2D eigenvalue weighted by molar-refractivity contribution is 6.30. The molecule has 0 amide bonds. The van der Waals surface area contributed by atoms with Crippen LogP contribution in [0, 0.1) is 5.82 Å². The summed E-state index contributed by atoms with van der Waals surface area (Å²) in [6.45, 7) is 0.558. The smallest absolute Gasteiger partial charge is 0.199 e. The Balaban J connectivity index is 2.08. The minimum absolute atomic E-state index is 0.00769. The number of hydrogen-bond donors (Lipinski definition) is 0. The predicted molar refractivity (Wildman–Crippen MR) is 70.5 cm³/mol. The van der Waals surface area contributed by atoms with Crippen LogP contribution in [-0.4, -0.2) is 12.4 Å². The molecule has 0 aliphatic carbocycles. The van der Waals surface area contributed by atoms with Crippen LogP contribution in [0.1, 0.15) is 21.5 Å². The highest BCUT2D eigenvalue weighted by Gasteiger charge is 2.23. The molecule has 0 N–H and O–H groups in total. The summed E-state index contributed by atoms with van der Waals surface area (Å²) in [6.07, 6.45) is 0.777. The van der Waals surface area contributed by atoms with Crippen molar-refractivity contribution >= 4 is 17.4 Å². The summed E-state index contributed by atoms with van der Waals surface area (Å²) in [5.41, 5.74) is 1.39. The zero-order chi connectivity index (χ0) is 13.4. The minimum Gasteiger partial charge on any atom is -0.492 e. The topological polar surface area (TPSA) is 26.3 Å². The Labute approximate surface area is 114 Å². The van der Waals surface area contributed by atoms with Gasteiger partial charge in [0.25, 0.3) is 0 Å². The van der Waals surface area contributed by atoms with Crippen LogP contribution in [0.5, 0.6) is 5.75 Å². The van der Waals surface area contributed by atoms with Crippen LogP contribution in [0.4, 0.5) is 4.39 Å². The third-order valence-corrected chi connectivity index (χ3v) is 3.37. The number of benzene rings is 2. The SMILES string of the molecule is O=C(c1ccc(Cl)cc1F)c1cccc2c1OCC2. The zero-order valence-electron chi connectivity index (χ0n) is 9.95. The Morgan fingerprint density at radius 1 is 1.21 bits per heavy atom. The van der Waals surface area contributed by atoms with Crippen molar-refractivity contribution < 1.29 is 13.9 Å². The molecule has 19 heavy (non-hydrogen) atoms. The molecular weight excluding hydrogens is 267 g/mol. The Hall–Kier alpha value is -1.87. The maximum absolute atomic E-state index is 13.8. The van der Waals surface area contributed by atoms with Gasteiger partial charge in [-0.3, -0.25) is 4.79 Å². The normalized spacial score (nSPS) is 12.9. The van der Waals surface area contributed by atoms with Crippen molar-refractivity contribution in [1.82, 2.24) is 0 Å². The van der Waals surface area contributed by atoms with Crippen molar-refractivity contribution in [1.29, 1.82) is 0 Å². The number of ether oxygens (including phenoxy) is 1. The first-order valence-electron chi connectivity index (χ1n) is 5.91. The van der Waals surface area contributed by atoms with E-state index in [1.807, 2.05) is 6.07 Å². The van der Waals surface area contributed by atoms with Gasteiger partial charge in [0.1, 0.15) is 11.6 Å². The van der Waals surface area contributed by atoms with Gasteiger partial charge < -0.3 is 4.74 Å². The molecule has 0 unspecified atom stereocenters. The molecule has 2 aromatic rings. The van der Waals surface area contributed by atoms with Gasteiger partial charge >= 0.3 is 0 Å². The molecule has 0 radical (unpaired) electrons. The second-order valence-electron chi connectivity index (χ2n) is 4.35. The highest BCUT2D eigenvalue weighted by Crippen LogP contribution is 2.31. The fourth-order valence-electron chi connectivity index (χ4n) is 2.21. The van der Waals surface area contributed by atoms with Crippen LogP contribution in [0.3, 0.4) is 0 Å². The van der Waals surface area contributed by atoms with E-state index in [2.05, 4.69) is 0 Å². The molecule has 0 bridgehead atoms. The molecule has 0 spiro atoms. The number of carbonyl (C=O) groups is 1. The molecule has 1 aliphatic rings. The summed E-state index contributed by atoms with van der Waals surface area (Å²) in [5, 5.41) is 0.267. The number of hydrogen-bond acceptors (Lipinski definition) is 2. The van der Waals surface area contributed by atoms with Crippen molar-refractivity contribution in [3.05, 3.63) is 63.9 Å². The van der Waals surface area contributed by atoms with Gasteiger partial charge in [0.2, 0.25) is 0 Å². The standard InChI is InChI=1S/C15H10ClFO2/c16-10-4-5-11(13(17)8-10)14(18)12-3-1-2-9-6-7-19-15(9)12/h1-5,8H,6-7H2. The average molecular weight is 277 g/mol. The number of rotatable bonds is 2. The third kappa shape index (κ3) is 2.10. The molecule has 2 aromatic carbocycles. The number of carbonyl (C=O) groups excluding carboxylic acids is 1. The maximum Gasteiger partial charge on any atom is 0.199 e. The fourth-order valence-corrected chi connectivity index (χ4v) is 2.37. The summed E-state index contributed by atoms with van der Waals surface area (Å²) < 4.78 is 19.3. The Morgan fingerprint density at radius 2 is 2.05 bits per heavy atom. The van der Waals surface area contributed by atoms with E-state index in [-0.39, 0.29) is 16.4 Å². The monoisotopic (exact) mass is 276 g/mol. The molecule has 0 atom stereocenters. The first-order valence-corrected chi connectivity index (χ1v) is 6.29. The summed E-state index contributed by atoms with van der Waals surface area (Å²) >= 11 is 5.69. The lowest BCUT2D eigenvalue weighted by Gasteiger charge is -2.08. The van der Waals surface area contributed by atoms with E-state index in [0.29, 0.717) is 17.9 Å². The predicted octanol–water partition coefficient (Wildman–Crippen LogP) is 3.65. The molecule has 1 heterocycles. The molecule has 96 valence electrons. The van der Waals surface area contributed by atoms with Crippen LogP contribution in [0.25, 0.3) is 0 Å². The van der Waals surface area contributed by atoms with Gasteiger partial charge in [-0.15, -0.1) is 0 Å². The average Bonchev–Trinajstić information content (AvgIpc) is 2.86. The Bertz CT molecular complexity index is 667. The maximum atomic E-state index is 13.8. The first-order chi connectivity index (χ1) is 9.16. The van der Waals surface area contributed by atoms with Gasteiger partial charge in [0, 0.05) is 11.4 Å². The molecule has 0 saturated carbocycles. The van der Waals surface area contributed by atoms with Gasteiger partial charge in [-0.2, -0.15) is 0 Å². The van der Waals surface area contributed by atoms with Crippen molar-refractivity contribution in [2.45, 2.75) is 6.42 Å². The van der Waals surface area contributed by atoms with Crippen LogP contribution in [0.15, 0.2) is 36.4 Å². The van der Waals surface area contributed by atoms with Gasteiger partial charge in [-0.25, -0.2) is 4.39 Å². The van der Waals surface area contributed by atoms with Crippen molar-refractivity contribution in [2.24, 2.45) is 0 Å². The fraction of sp³-hybridized carbons (Fsp3) is 0.133. The van der Waals surface area contributed by atoms with Crippen molar-refractivity contribution in [3.8, 4) is 5.75 Å². The van der Waals surface area contributed by atoms with E-state index in [4.69, 9.17) is 16.3 Å². The molecule has 0 fully saturated rings. The number of fused-ring (bicyclic) bond motifs is 1. The first kappa shape index (κ1) is 12.2. The van der Waals surface area contributed by atoms with E-state index < -0.39 is 5.82 Å². The van der Waals surface area contributed by atoms with Gasteiger partial charge in [-0.1, -0.05) is 23.7 Å². The van der Waals surface area contributed by atoms with Crippen molar-refractivity contribution in [2.75, 3.05) is 6.61 Å². The quantitative estimate of drug-likeness (QED) is 0.783. The van der Waals surface area contributed by atoms with E-state index in [0.717, 1.165) is 18.1 Å². The molecule has 0 saturated heterocycles. The van der Waals surface area contributed by atoms with E-state index in [1.54, 1.807) is 12.1 Å². The van der Waals surface area contributed by atoms with Crippen LogP contribution in [-0.2, 0) is 6.42 Å². The van der Waals surface area contributed by atoms with Gasteiger partial charge in [-0.05, 0) is 29.8 Å². The summed E-state index contributed by atoms with van der Waals surface area (Å²) in [5.74, 6) is -0.428. The van der Waals surface area contributed by atoms with E-state index in [9.17, 15) is 9.18 Å². The van der Waals surface area contributed by atoms with Crippen LogP contribution >= 0.6 is 11.6 Å². The number of halogens is 2. The lowest BCUT2D eigenvalue weighted by atomic mass is 9.99. The number of para-hydroxylation sites is 1. The van der Waals surface area contributed by atoms with Gasteiger partial charge in [0.05, 0.1) is 17.7 Å². The minimum atomic E-state index is -0.617. The Morgan fingerprint density at radius 3 is 2.84 bits per heavy atom. The molecule has 0 aromatic heterocycles. The van der Waals surface area contributed by atoms with E-state index >= 15 is 0 Å². The molecule has 2 nitrogen and oxygen atoms in total. The Kier molecular flexibility index (Phi) is 2.99. The highest BCUT2D eigenvalue weighted by atomic mass is 35.5. The van der Waals surface area contributed by atoms with Crippen LogP contribution < -0.4 is 4.74 Å². The second kappa shape index (κ2) is 4.67. The molecule has 3 rings (SSSR count). The zero-order valence-corrected chi connectivity index (χ0v) is 10.7. The number of ketones is 1. The lowest BCUT2D eigenvalue weighted by molar-refractivity contribution is 0.103. The summed E-state index contributed by atoms with van der Waals surface area (Å²) in [6, 6.07) is 9.39. The summed E-state index contributed by atoms with van der Waals surface area (Å²) in [4.78, 5) is 12.4. The molecule has 4 heteroatoms. The van der Waals surface area contributed by atoms with Crippen LogP contribution in [0.2, 0.25) is 5.02 Å². The second-order valence-corrected chi connectivity index (χ2v) is 4.78. The molecular formula is C15H10ClFO2. The summed E-state index contributed by atoms with van der Waals surface area (Å²) in [7, 11) is 0. The van der Waals surface area contributed by atoms with Crippen molar-refractivity contribution in [3.63, 3.8) is 0 Å². The van der Waals surface area contributed by atoms with Gasteiger partial charge in [0.15, 0.2) is 5.78 Å². The lowest BCUT2D eigenvalue weighted by Crippen LogP contribution is -2.06. The molecule has 1 aliphatic heterocycles. The third-order valence-electron chi connectivity index (χ3n) is 3.13.